The Hall–Kier alpha value is -2.50. The monoisotopic (exact) mass is 276 g/mol. The number of likely N-dealkylation sites (N-methyl/N-ethyl adjacent to an activating group) is 1. The van der Waals surface area contributed by atoms with Crippen LogP contribution >= 0.6 is 0 Å². The van der Waals surface area contributed by atoms with Crippen molar-refractivity contribution in [1.29, 1.82) is 0 Å². The summed E-state index contributed by atoms with van der Waals surface area (Å²) in [6.07, 6.45) is 4.76. The summed E-state index contributed by atoms with van der Waals surface area (Å²) in [5.74, 6) is -1.45. The van der Waals surface area contributed by atoms with Gasteiger partial charge in [0.05, 0.1) is 6.42 Å². The van der Waals surface area contributed by atoms with Crippen LogP contribution in [-0.4, -0.2) is 42.0 Å². The van der Waals surface area contributed by atoms with E-state index in [0.717, 1.165) is 4.90 Å². The van der Waals surface area contributed by atoms with Crippen molar-refractivity contribution in [2.24, 2.45) is 0 Å². The van der Waals surface area contributed by atoms with E-state index >= 15 is 0 Å². The van der Waals surface area contributed by atoms with Gasteiger partial charge in [-0.25, -0.2) is 0 Å². The second-order valence-corrected chi connectivity index (χ2v) is 4.23. The zero-order valence-corrected chi connectivity index (χ0v) is 11.4. The van der Waals surface area contributed by atoms with Crippen molar-refractivity contribution in [3.05, 3.63) is 36.0 Å². The molecule has 1 aliphatic heterocycles. The number of allylic oxidation sites excluding steroid dienone is 3. The van der Waals surface area contributed by atoms with E-state index in [0.29, 0.717) is 6.29 Å². The SMILES string of the molecule is C=C/C=C(C(=O)N(C)C1CC(=O)NC1=O)\C(C=O)=C/C. The topological polar surface area (TPSA) is 83.6 Å². The molecule has 1 unspecified atom stereocenters. The van der Waals surface area contributed by atoms with E-state index in [1.165, 1.54) is 25.3 Å². The maximum Gasteiger partial charge on any atom is 0.255 e. The van der Waals surface area contributed by atoms with Crippen LogP contribution in [0.1, 0.15) is 13.3 Å². The minimum Gasteiger partial charge on any atom is -0.329 e. The van der Waals surface area contributed by atoms with Crippen LogP contribution in [0.3, 0.4) is 0 Å². The lowest BCUT2D eigenvalue weighted by Crippen LogP contribution is -2.42. The molecule has 1 fully saturated rings. The Labute approximate surface area is 116 Å². The Balaban J connectivity index is 3.05. The van der Waals surface area contributed by atoms with Crippen molar-refractivity contribution >= 4 is 24.0 Å². The summed E-state index contributed by atoms with van der Waals surface area (Å²) >= 11 is 0. The molecule has 106 valence electrons. The quantitative estimate of drug-likeness (QED) is 0.334. The number of hydrogen-bond acceptors (Lipinski definition) is 4. The first-order valence-corrected chi connectivity index (χ1v) is 6.01. The molecular formula is C14H16N2O4. The summed E-state index contributed by atoms with van der Waals surface area (Å²) in [6, 6.07) is -0.854. The number of rotatable bonds is 5. The van der Waals surface area contributed by atoms with E-state index < -0.39 is 23.8 Å². The average molecular weight is 276 g/mol. The molecule has 0 aromatic heterocycles. The lowest BCUT2D eigenvalue weighted by Gasteiger charge is -2.23. The number of aldehydes is 1. The molecule has 1 heterocycles. The number of carbonyl (C=O) groups is 4. The molecule has 3 amide bonds. The van der Waals surface area contributed by atoms with Crippen LogP contribution in [0.15, 0.2) is 36.0 Å². The predicted octanol–water partition coefficient (Wildman–Crippen LogP) is 0.117. The van der Waals surface area contributed by atoms with E-state index in [4.69, 9.17) is 0 Å². The van der Waals surface area contributed by atoms with Crippen molar-refractivity contribution in [3.63, 3.8) is 0 Å². The Morgan fingerprint density at radius 2 is 2.10 bits per heavy atom. The first-order chi connectivity index (χ1) is 9.46. The third-order valence-electron chi connectivity index (χ3n) is 3.00. The van der Waals surface area contributed by atoms with Gasteiger partial charge in [0, 0.05) is 18.2 Å². The molecule has 0 saturated carbocycles. The van der Waals surface area contributed by atoms with E-state index in [9.17, 15) is 19.2 Å². The minimum absolute atomic E-state index is 0.0747. The molecule has 1 saturated heterocycles. The van der Waals surface area contributed by atoms with Crippen LogP contribution in [0.25, 0.3) is 0 Å². The van der Waals surface area contributed by atoms with Crippen molar-refractivity contribution < 1.29 is 19.2 Å². The van der Waals surface area contributed by atoms with E-state index in [2.05, 4.69) is 11.9 Å². The molecular weight excluding hydrogens is 260 g/mol. The lowest BCUT2D eigenvalue weighted by atomic mass is 10.0. The van der Waals surface area contributed by atoms with Gasteiger partial charge in [0.2, 0.25) is 11.8 Å². The van der Waals surface area contributed by atoms with Gasteiger partial charge in [-0.15, -0.1) is 0 Å². The fourth-order valence-electron chi connectivity index (χ4n) is 1.88. The van der Waals surface area contributed by atoms with Crippen molar-refractivity contribution in [3.8, 4) is 0 Å². The molecule has 1 N–H and O–H groups in total. The van der Waals surface area contributed by atoms with Crippen LogP contribution in [0, 0.1) is 0 Å². The molecule has 20 heavy (non-hydrogen) atoms. The molecule has 1 atom stereocenters. The van der Waals surface area contributed by atoms with Gasteiger partial charge in [0.25, 0.3) is 5.91 Å². The average Bonchev–Trinajstić information content (AvgIpc) is 2.76. The van der Waals surface area contributed by atoms with Gasteiger partial charge in [0.15, 0.2) is 6.29 Å². The molecule has 0 aromatic rings. The van der Waals surface area contributed by atoms with E-state index in [-0.39, 0.29) is 17.6 Å². The van der Waals surface area contributed by atoms with Crippen LogP contribution < -0.4 is 5.32 Å². The fourth-order valence-corrected chi connectivity index (χ4v) is 1.88. The zero-order valence-electron chi connectivity index (χ0n) is 11.4. The van der Waals surface area contributed by atoms with Crippen LogP contribution in [0.4, 0.5) is 0 Å². The third-order valence-corrected chi connectivity index (χ3v) is 3.00. The number of carbonyl (C=O) groups excluding carboxylic acids is 4. The van der Waals surface area contributed by atoms with Gasteiger partial charge < -0.3 is 4.90 Å². The van der Waals surface area contributed by atoms with Crippen LogP contribution in [0.2, 0.25) is 0 Å². The normalized spacial score (nSPS) is 19.6. The van der Waals surface area contributed by atoms with Crippen LogP contribution in [-0.2, 0) is 19.2 Å². The maximum atomic E-state index is 12.4. The largest absolute Gasteiger partial charge is 0.329 e. The number of nitrogens with zero attached hydrogens (tertiary/aromatic N) is 1. The fraction of sp³-hybridized carbons (Fsp3) is 0.286. The van der Waals surface area contributed by atoms with E-state index in [1.54, 1.807) is 6.92 Å². The summed E-state index contributed by atoms with van der Waals surface area (Å²) in [6.45, 7) is 5.12. The van der Waals surface area contributed by atoms with Crippen molar-refractivity contribution in [2.45, 2.75) is 19.4 Å². The number of amides is 3. The van der Waals surface area contributed by atoms with Gasteiger partial charge >= 0.3 is 0 Å². The highest BCUT2D eigenvalue weighted by Gasteiger charge is 2.36. The lowest BCUT2D eigenvalue weighted by molar-refractivity contribution is -0.134. The molecule has 0 spiro atoms. The number of hydrogen-bond donors (Lipinski definition) is 1. The van der Waals surface area contributed by atoms with Gasteiger partial charge in [-0.2, -0.15) is 0 Å². The summed E-state index contributed by atoms with van der Waals surface area (Å²) in [5.41, 5.74) is 0.332. The molecule has 1 rings (SSSR count). The first-order valence-electron chi connectivity index (χ1n) is 6.01. The highest BCUT2D eigenvalue weighted by Crippen LogP contribution is 2.16. The van der Waals surface area contributed by atoms with Crippen molar-refractivity contribution in [2.75, 3.05) is 7.05 Å². The van der Waals surface area contributed by atoms with Gasteiger partial charge in [0.1, 0.15) is 6.04 Å². The molecule has 1 aliphatic rings. The first kappa shape index (κ1) is 15.6. The smallest absolute Gasteiger partial charge is 0.255 e. The number of nitrogens with one attached hydrogen (secondary N) is 1. The van der Waals surface area contributed by atoms with Crippen LogP contribution in [0.5, 0.6) is 0 Å². The molecule has 6 heteroatoms. The highest BCUT2D eigenvalue weighted by molar-refractivity contribution is 6.10. The molecule has 0 bridgehead atoms. The Kier molecular flexibility index (Phi) is 5.14. The summed E-state index contributed by atoms with van der Waals surface area (Å²) < 4.78 is 0. The molecule has 0 aromatic carbocycles. The van der Waals surface area contributed by atoms with E-state index in [1.807, 2.05) is 0 Å². The second-order valence-electron chi connectivity index (χ2n) is 4.23. The second kappa shape index (κ2) is 6.60. The maximum absolute atomic E-state index is 12.4. The van der Waals surface area contributed by atoms with Gasteiger partial charge in [-0.1, -0.05) is 18.7 Å². The number of imide groups is 1. The zero-order chi connectivity index (χ0) is 15.3. The summed E-state index contributed by atoms with van der Waals surface area (Å²) in [4.78, 5) is 47.2. The summed E-state index contributed by atoms with van der Waals surface area (Å²) in [5, 5.41) is 2.14. The Morgan fingerprint density at radius 1 is 1.45 bits per heavy atom. The molecule has 6 nitrogen and oxygen atoms in total. The standard InChI is InChI=1S/C14H16N2O4/c1-4-6-10(9(5-2)8-17)14(20)16(3)11-7-12(18)15-13(11)19/h4-6,8,11H,1,7H2,2-3H3,(H,15,18,19)/b9-5-,10-6+. The molecule has 0 radical (unpaired) electrons. The van der Waals surface area contributed by atoms with Crippen molar-refractivity contribution in [1.82, 2.24) is 10.2 Å². The molecule has 0 aliphatic carbocycles. The third kappa shape index (κ3) is 3.09. The van der Waals surface area contributed by atoms with Gasteiger partial charge in [-0.05, 0) is 13.0 Å². The highest BCUT2D eigenvalue weighted by atomic mass is 16.2. The summed E-state index contributed by atoms with van der Waals surface area (Å²) in [7, 11) is 1.42. The van der Waals surface area contributed by atoms with Gasteiger partial charge in [-0.3, -0.25) is 24.5 Å². The minimum atomic E-state index is -0.854. The Bertz CT molecular complexity index is 531. The Morgan fingerprint density at radius 3 is 2.50 bits per heavy atom. The predicted molar refractivity (Wildman–Crippen MR) is 72.4 cm³/mol.